The largest absolute Gasteiger partial charge is 0.361 e. The molecule has 5 aromatic rings. The summed E-state index contributed by atoms with van der Waals surface area (Å²) in [4.78, 5) is 21.2. The van der Waals surface area contributed by atoms with Crippen LogP contribution in [0.25, 0.3) is 22.3 Å². The molecule has 0 saturated heterocycles. The zero-order valence-electron chi connectivity index (χ0n) is 21.2. The van der Waals surface area contributed by atoms with E-state index in [4.69, 9.17) is 0 Å². The average Bonchev–Trinajstić information content (AvgIpc) is 3.62. The minimum Gasteiger partial charge on any atom is -0.361 e. The maximum Gasteiger partial charge on any atom is 0.140 e. The Morgan fingerprint density at radius 2 is 1.90 bits per heavy atom. The number of fused-ring (bicyclic) bond motifs is 1. The number of rotatable bonds is 9. The van der Waals surface area contributed by atoms with Crippen molar-refractivity contribution in [2.75, 3.05) is 0 Å². The molecule has 0 fully saturated rings. The highest BCUT2D eigenvalue weighted by Gasteiger charge is 2.31. The summed E-state index contributed by atoms with van der Waals surface area (Å²) in [6.45, 7) is 1.90. The number of nitrogens with one attached hydrogen (secondary N) is 2. The molecule has 0 saturated carbocycles. The second-order valence-electron chi connectivity index (χ2n) is 9.80. The van der Waals surface area contributed by atoms with Crippen molar-refractivity contribution in [1.29, 1.82) is 5.26 Å². The Balaban J connectivity index is 1.49. The molecule has 1 atom stereocenters. The van der Waals surface area contributed by atoms with Gasteiger partial charge in [0, 0.05) is 47.3 Å². The van der Waals surface area contributed by atoms with Crippen molar-refractivity contribution in [2.24, 2.45) is 0 Å². The number of aromatic amines is 2. The van der Waals surface area contributed by atoms with Gasteiger partial charge in [-0.3, -0.25) is 0 Å². The van der Waals surface area contributed by atoms with Crippen molar-refractivity contribution in [3.8, 4) is 17.5 Å². The molecule has 0 bridgehead atoms. The SMILES string of the molecule is CC(CC#N)(c1cccc(CCC=O)c1)c1cnc(-c2cc(Cc3c(F)cc4[nH]ccc4c3F)ccc2F)[nH]1. The molecule has 2 N–H and O–H groups in total. The smallest absolute Gasteiger partial charge is 0.140 e. The van der Waals surface area contributed by atoms with Crippen LogP contribution in [0.4, 0.5) is 13.2 Å². The number of aryl methyl sites for hydroxylation is 1. The summed E-state index contributed by atoms with van der Waals surface area (Å²) < 4.78 is 44.7. The van der Waals surface area contributed by atoms with Crippen LogP contribution in [0.1, 0.15) is 47.7 Å². The highest BCUT2D eigenvalue weighted by Crippen LogP contribution is 2.36. The molecular formula is C31H25F3N4O. The minimum atomic E-state index is -0.774. The van der Waals surface area contributed by atoms with Gasteiger partial charge in [0.2, 0.25) is 0 Å². The molecule has 0 aliphatic heterocycles. The number of carbonyl (C=O) groups excluding carboxylic acids is 1. The van der Waals surface area contributed by atoms with Crippen LogP contribution in [-0.4, -0.2) is 21.2 Å². The Kier molecular flexibility index (Phi) is 7.07. The van der Waals surface area contributed by atoms with E-state index in [0.29, 0.717) is 29.6 Å². The fourth-order valence-corrected chi connectivity index (χ4v) is 4.95. The summed E-state index contributed by atoms with van der Waals surface area (Å²) in [6.07, 6.45) is 5.04. The molecule has 0 aliphatic carbocycles. The van der Waals surface area contributed by atoms with Crippen LogP contribution >= 0.6 is 0 Å². The van der Waals surface area contributed by atoms with Crippen LogP contribution in [-0.2, 0) is 23.1 Å². The van der Waals surface area contributed by atoms with Crippen LogP contribution < -0.4 is 0 Å². The maximum absolute atomic E-state index is 15.0. The van der Waals surface area contributed by atoms with E-state index in [1.54, 1.807) is 18.5 Å². The van der Waals surface area contributed by atoms with Gasteiger partial charge in [-0.2, -0.15) is 5.26 Å². The number of hydrogen-bond acceptors (Lipinski definition) is 3. The van der Waals surface area contributed by atoms with Gasteiger partial charge in [-0.1, -0.05) is 30.3 Å². The zero-order valence-corrected chi connectivity index (χ0v) is 21.2. The van der Waals surface area contributed by atoms with Crippen molar-refractivity contribution >= 4 is 17.2 Å². The third kappa shape index (κ3) is 4.96. The van der Waals surface area contributed by atoms with E-state index in [1.165, 1.54) is 24.3 Å². The van der Waals surface area contributed by atoms with E-state index < -0.39 is 22.9 Å². The van der Waals surface area contributed by atoms with Gasteiger partial charge >= 0.3 is 0 Å². The van der Waals surface area contributed by atoms with Crippen molar-refractivity contribution in [3.63, 3.8) is 0 Å². The lowest BCUT2D eigenvalue weighted by Crippen LogP contribution is -2.24. The van der Waals surface area contributed by atoms with Gasteiger partial charge in [0.05, 0.1) is 23.6 Å². The standard InChI is InChI=1S/C31H25F3N4O/c1-31(10-11-35,21-6-2-4-19(14-21)5-3-13-39)28-18-37-30(38-28)24-16-20(7-8-25(24)32)15-23-26(33)17-27-22(29(23)34)9-12-36-27/h2,4,6-9,12-14,16-18,36H,3,5,10,15H2,1H3,(H,37,38). The summed E-state index contributed by atoms with van der Waals surface area (Å²) in [5, 5.41) is 9.91. The molecule has 5 rings (SSSR count). The van der Waals surface area contributed by atoms with E-state index in [-0.39, 0.29) is 35.2 Å². The predicted molar refractivity (Wildman–Crippen MR) is 143 cm³/mol. The van der Waals surface area contributed by atoms with Crippen molar-refractivity contribution in [2.45, 2.75) is 38.0 Å². The number of aldehydes is 1. The molecule has 0 spiro atoms. The summed E-state index contributed by atoms with van der Waals surface area (Å²) >= 11 is 0. The van der Waals surface area contributed by atoms with Gasteiger partial charge < -0.3 is 14.8 Å². The van der Waals surface area contributed by atoms with Crippen LogP contribution in [0, 0.1) is 28.8 Å². The monoisotopic (exact) mass is 526 g/mol. The number of H-pyrrole nitrogens is 2. The van der Waals surface area contributed by atoms with Crippen molar-refractivity contribution in [1.82, 2.24) is 15.0 Å². The van der Waals surface area contributed by atoms with E-state index in [1.807, 2.05) is 31.2 Å². The number of carbonyl (C=O) groups is 1. The Bertz CT molecular complexity index is 1710. The third-order valence-corrected chi connectivity index (χ3v) is 7.22. The molecule has 0 radical (unpaired) electrons. The number of imidazole rings is 1. The van der Waals surface area contributed by atoms with E-state index in [2.05, 4.69) is 21.0 Å². The molecule has 196 valence electrons. The molecule has 0 amide bonds. The van der Waals surface area contributed by atoms with Crippen molar-refractivity contribution < 1.29 is 18.0 Å². The first-order valence-electron chi connectivity index (χ1n) is 12.5. The topological polar surface area (TPSA) is 85.3 Å². The number of nitriles is 1. The molecule has 5 nitrogen and oxygen atoms in total. The van der Waals surface area contributed by atoms with Crippen LogP contribution in [0.3, 0.4) is 0 Å². The van der Waals surface area contributed by atoms with Crippen LogP contribution in [0.5, 0.6) is 0 Å². The van der Waals surface area contributed by atoms with Gasteiger partial charge in [0.15, 0.2) is 0 Å². The normalized spacial score (nSPS) is 12.8. The summed E-state index contributed by atoms with van der Waals surface area (Å²) in [7, 11) is 0. The number of halogens is 3. The number of aromatic nitrogens is 3. The first-order chi connectivity index (χ1) is 18.8. The van der Waals surface area contributed by atoms with Gasteiger partial charge in [-0.25, -0.2) is 18.2 Å². The third-order valence-electron chi connectivity index (χ3n) is 7.22. The second kappa shape index (κ2) is 10.6. The molecule has 2 aromatic heterocycles. The Labute approximate surface area is 223 Å². The Morgan fingerprint density at radius 3 is 2.69 bits per heavy atom. The Hall–Kier alpha value is -4.64. The van der Waals surface area contributed by atoms with Gasteiger partial charge in [0.1, 0.15) is 29.6 Å². The first kappa shape index (κ1) is 26.0. The fraction of sp³-hybridized carbons (Fsp3) is 0.194. The lowest BCUT2D eigenvalue weighted by molar-refractivity contribution is -0.107. The lowest BCUT2D eigenvalue weighted by Gasteiger charge is -2.27. The molecule has 8 heteroatoms. The molecule has 1 unspecified atom stereocenters. The Morgan fingerprint density at radius 1 is 1.05 bits per heavy atom. The summed E-state index contributed by atoms with van der Waals surface area (Å²) in [5.41, 5.74) is 2.61. The maximum atomic E-state index is 15.0. The zero-order chi connectivity index (χ0) is 27.6. The summed E-state index contributed by atoms with van der Waals surface area (Å²) in [5.74, 6) is -1.64. The molecule has 2 heterocycles. The van der Waals surface area contributed by atoms with Crippen LogP contribution in [0.15, 0.2) is 67.0 Å². The van der Waals surface area contributed by atoms with E-state index in [9.17, 15) is 18.8 Å². The van der Waals surface area contributed by atoms with Crippen LogP contribution in [0.2, 0.25) is 0 Å². The van der Waals surface area contributed by atoms with Gasteiger partial charge in [0.25, 0.3) is 0 Å². The number of hydrogen-bond donors (Lipinski definition) is 2. The second-order valence-corrected chi connectivity index (χ2v) is 9.80. The summed E-state index contributed by atoms with van der Waals surface area (Å²) in [6, 6.07) is 17.0. The van der Waals surface area contributed by atoms with Gasteiger partial charge in [-0.15, -0.1) is 0 Å². The predicted octanol–water partition coefficient (Wildman–Crippen LogP) is 6.92. The molecule has 3 aromatic carbocycles. The van der Waals surface area contributed by atoms with E-state index in [0.717, 1.165) is 17.4 Å². The quantitative estimate of drug-likeness (QED) is 0.205. The lowest BCUT2D eigenvalue weighted by atomic mass is 9.76. The van der Waals surface area contributed by atoms with Crippen molar-refractivity contribution in [3.05, 3.63) is 112 Å². The highest BCUT2D eigenvalue weighted by molar-refractivity contribution is 5.81. The molecule has 39 heavy (non-hydrogen) atoms. The van der Waals surface area contributed by atoms with Gasteiger partial charge in [-0.05, 0) is 54.3 Å². The average molecular weight is 527 g/mol. The first-order valence-corrected chi connectivity index (χ1v) is 12.5. The number of nitrogens with zero attached hydrogens (tertiary/aromatic N) is 2. The fourth-order valence-electron chi connectivity index (χ4n) is 4.95. The molecule has 0 aliphatic rings. The number of benzene rings is 3. The van der Waals surface area contributed by atoms with E-state index >= 15 is 4.39 Å². The minimum absolute atomic E-state index is 0.0701. The molecular weight excluding hydrogens is 501 g/mol. The highest BCUT2D eigenvalue weighted by atomic mass is 19.1.